The summed E-state index contributed by atoms with van der Waals surface area (Å²) in [5, 5.41) is 7.48. The van der Waals surface area contributed by atoms with Gasteiger partial charge in [0.25, 0.3) is 5.91 Å². The van der Waals surface area contributed by atoms with Crippen molar-refractivity contribution in [1.29, 1.82) is 0 Å². The van der Waals surface area contributed by atoms with Crippen molar-refractivity contribution in [3.63, 3.8) is 0 Å². The van der Waals surface area contributed by atoms with Crippen LogP contribution in [0.5, 0.6) is 0 Å². The minimum atomic E-state index is -0.268. The second kappa shape index (κ2) is 7.66. The molecule has 2 aromatic rings. The summed E-state index contributed by atoms with van der Waals surface area (Å²) < 4.78 is 19.1. The maximum atomic E-state index is 13.6. The fourth-order valence-electron chi connectivity index (χ4n) is 4.69. The predicted octanol–water partition coefficient (Wildman–Crippen LogP) is 4.25. The van der Waals surface area contributed by atoms with Crippen molar-refractivity contribution in [2.45, 2.75) is 64.1 Å². The maximum Gasteiger partial charge on any atom is 0.275 e. The van der Waals surface area contributed by atoms with Crippen molar-refractivity contribution in [3.05, 3.63) is 52.6 Å². The number of benzene rings is 1. The Morgan fingerprint density at radius 1 is 1.21 bits per heavy atom. The van der Waals surface area contributed by atoms with Gasteiger partial charge in [0.05, 0.1) is 12.1 Å². The Morgan fingerprint density at radius 3 is 2.50 bits per heavy atom. The van der Waals surface area contributed by atoms with Crippen LogP contribution in [0, 0.1) is 11.7 Å². The highest BCUT2D eigenvalue weighted by molar-refractivity contribution is 5.98. The average molecular weight is 385 g/mol. The van der Waals surface area contributed by atoms with E-state index in [9.17, 15) is 9.18 Å². The van der Waals surface area contributed by atoms with Crippen LogP contribution in [0.15, 0.2) is 24.3 Å². The second-order valence-corrected chi connectivity index (χ2v) is 8.40. The number of hydrogen-bond donors (Lipinski definition) is 1. The molecule has 0 radical (unpaired) electrons. The van der Waals surface area contributed by atoms with E-state index in [2.05, 4.69) is 24.0 Å². The van der Waals surface area contributed by atoms with E-state index in [0.29, 0.717) is 11.6 Å². The molecular formula is C22H28FN3O2. The molecule has 1 aromatic heterocycles. The highest BCUT2D eigenvalue weighted by atomic mass is 19.1. The molecule has 4 rings (SSSR count). The Bertz CT molecular complexity index is 838. The first-order valence-electron chi connectivity index (χ1n) is 10.2. The molecule has 0 bridgehead atoms. The molecule has 0 saturated heterocycles. The number of carbonyl (C=O) groups excluding carboxylic acids is 1. The SMILES string of the molecule is COC1CCC(N2C(=O)c3n[nH]c(CC(C)C)c3C2c2ccc(F)cc2)CC1. The molecule has 28 heavy (non-hydrogen) atoms. The summed E-state index contributed by atoms with van der Waals surface area (Å²) in [7, 11) is 1.75. The van der Waals surface area contributed by atoms with E-state index in [1.54, 1.807) is 19.2 Å². The summed E-state index contributed by atoms with van der Waals surface area (Å²) in [6.45, 7) is 4.31. The minimum absolute atomic E-state index is 0.0172. The number of aromatic nitrogens is 2. The lowest BCUT2D eigenvalue weighted by atomic mass is 9.89. The molecule has 1 aromatic carbocycles. The number of nitrogens with one attached hydrogen (secondary N) is 1. The maximum absolute atomic E-state index is 13.6. The molecular weight excluding hydrogens is 357 g/mol. The Morgan fingerprint density at radius 2 is 1.89 bits per heavy atom. The van der Waals surface area contributed by atoms with Crippen LogP contribution in [0.4, 0.5) is 4.39 Å². The molecule has 1 N–H and O–H groups in total. The molecule has 6 heteroatoms. The highest BCUT2D eigenvalue weighted by Crippen LogP contribution is 2.43. The van der Waals surface area contributed by atoms with Gasteiger partial charge in [-0.1, -0.05) is 26.0 Å². The fraction of sp³-hybridized carbons (Fsp3) is 0.545. The van der Waals surface area contributed by atoms with E-state index in [0.717, 1.165) is 48.9 Å². The summed E-state index contributed by atoms with van der Waals surface area (Å²) in [6.07, 6.45) is 4.82. The molecule has 2 aliphatic rings. The van der Waals surface area contributed by atoms with Crippen LogP contribution in [0.1, 0.15) is 72.9 Å². The van der Waals surface area contributed by atoms with Gasteiger partial charge in [-0.3, -0.25) is 9.89 Å². The van der Waals surface area contributed by atoms with Crippen LogP contribution in [-0.2, 0) is 11.2 Å². The van der Waals surface area contributed by atoms with Crippen LogP contribution in [0.25, 0.3) is 0 Å². The van der Waals surface area contributed by atoms with Crippen LogP contribution < -0.4 is 0 Å². The zero-order valence-corrected chi connectivity index (χ0v) is 16.7. The van der Waals surface area contributed by atoms with Gasteiger partial charge in [0.2, 0.25) is 0 Å². The van der Waals surface area contributed by atoms with Crippen molar-refractivity contribution in [2.75, 3.05) is 7.11 Å². The van der Waals surface area contributed by atoms with Crippen molar-refractivity contribution in [3.8, 4) is 0 Å². The summed E-state index contributed by atoms with van der Waals surface area (Å²) in [5.41, 5.74) is 3.45. The first-order valence-corrected chi connectivity index (χ1v) is 10.2. The molecule has 1 aliphatic heterocycles. The quantitative estimate of drug-likeness (QED) is 0.837. The molecule has 2 heterocycles. The van der Waals surface area contributed by atoms with E-state index in [4.69, 9.17) is 4.74 Å². The third-order valence-electron chi connectivity index (χ3n) is 6.04. The van der Waals surface area contributed by atoms with Crippen molar-refractivity contribution in [1.82, 2.24) is 15.1 Å². The Hall–Kier alpha value is -2.21. The van der Waals surface area contributed by atoms with Gasteiger partial charge in [-0.25, -0.2) is 4.39 Å². The fourth-order valence-corrected chi connectivity index (χ4v) is 4.69. The van der Waals surface area contributed by atoms with Gasteiger partial charge in [0.15, 0.2) is 5.69 Å². The molecule has 1 aliphatic carbocycles. The summed E-state index contributed by atoms with van der Waals surface area (Å²) in [5.74, 6) is 0.159. The molecule has 1 amide bonds. The van der Waals surface area contributed by atoms with Crippen LogP contribution in [-0.4, -0.2) is 40.3 Å². The third-order valence-corrected chi connectivity index (χ3v) is 6.04. The van der Waals surface area contributed by atoms with Gasteiger partial charge < -0.3 is 9.64 Å². The number of amides is 1. The molecule has 5 nitrogen and oxygen atoms in total. The van der Waals surface area contributed by atoms with Gasteiger partial charge in [0.1, 0.15) is 5.82 Å². The number of aromatic amines is 1. The molecule has 150 valence electrons. The molecule has 1 saturated carbocycles. The van der Waals surface area contributed by atoms with Crippen LogP contribution >= 0.6 is 0 Å². The van der Waals surface area contributed by atoms with Gasteiger partial charge in [-0.2, -0.15) is 5.10 Å². The Kier molecular flexibility index (Phi) is 5.23. The number of ether oxygens (including phenoxy) is 1. The van der Waals surface area contributed by atoms with E-state index in [-0.39, 0.29) is 29.9 Å². The average Bonchev–Trinajstić information content (AvgIpc) is 3.21. The van der Waals surface area contributed by atoms with Gasteiger partial charge in [-0.15, -0.1) is 0 Å². The number of methoxy groups -OCH3 is 1. The molecule has 1 unspecified atom stereocenters. The minimum Gasteiger partial charge on any atom is -0.381 e. The van der Waals surface area contributed by atoms with Crippen LogP contribution in [0.3, 0.4) is 0 Å². The van der Waals surface area contributed by atoms with E-state index < -0.39 is 0 Å². The Balaban J connectivity index is 1.74. The van der Waals surface area contributed by atoms with Gasteiger partial charge in [-0.05, 0) is 55.7 Å². The normalized spacial score (nSPS) is 24.8. The Labute approximate surface area is 165 Å². The second-order valence-electron chi connectivity index (χ2n) is 8.40. The number of rotatable bonds is 5. The summed E-state index contributed by atoms with van der Waals surface area (Å²) >= 11 is 0. The zero-order valence-electron chi connectivity index (χ0n) is 16.7. The summed E-state index contributed by atoms with van der Waals surface area (Å²) in [6, 6.07) is 6.47. The third kappa shape index (κ3) is 3.34. The lowest BCUT2D eigenvalue weighted by molar-refractivity contribution is 0.0296. The van der Waals surface area contributed by atoms with Crippen molar-refractivity contribution in [2.24, 2.45) is 5.92 Å². The molecule has 0 spiro atoms. The highest BCUT2D eigenvalue weighted by Gasteiger charge is 2.45. The predicted molar refractivity (Wildman–Crippen MR) is 105 cm³/mol. The number of hydrogen-bond acceptors (Lipinski definition) is 3. The largest absolute Gasteiger partial charge is 0.381 e. The topological polar surface area (TPSA) is 58.2 Å². The number of halogens is 1. The van der Waals surface area contributed by atoms with E-state index in [1.807, 2.05) is 4.90 Å². The zero-order chi connectivity index (χ0) is 19.8. The first kappa shape index (κ1) is 19.1. The molecule has 1 fully saturated rings. The molecule has 1 atom stereocenters. The van der Waals surface area contributed by atoms with Crippen molar-refractivity contribution >= 4 is 5.91 Å². The van der Waals surface area contributed by atoms with Gasteiger partial charge in [0, 0.05) is 24.4 Å². The number of H-pyrrole nitrogens is 1. The smallest absolute Gasteiger partial charge is 0.275 e. The van der Waals surface area contributed by atoms with E-state index >= 15 is 0 Å². The lowest BCUT2D eigenvalue weighted by Crippen LogP contribution is -2.42. The lowest BCUT2D eigenvalue weighted by Gasteiger charge is -2.38. The van der Waals surface area contributed by atoms with Crippen molar-refractivity contribution < 1.29 is 13.9 Å². The van der Waals surface area contributed by atoms with Gasteiger partial charge >= 0.3 is 0 Å². The monoisotopic (exact) mass is 385 g/mol. The standard InChI is InChI=1S/C22H28FN3O2/c1-13(2)12-18-19-20(25-24-18)22(27)26(16-8-10-17(28-3)11-9-16)21(19)14-4-6-15(23)7-5-14/h4-7,13,16-17,21H,8-12H2,1-3H3,(H,24,25). The summed E-state index contributed by atoms with van der Waals surface area (Å²) in [4.78, 5) is 15.3. The number of nitrogens with zero attached hydrogens (tertiary/aromatic N) is 2. The number of carbonyl (C=O) groups is 1. The van der Waals surface area contributed by atoms with E-state index in [1.165, 1.54) is 12.1 Å². The van der Waals surface area contributed by atoms with Crippen LogP contribution in [0.2, 0.25) is 0 Å². The number of fused-ring (bicyclic) bond motifs is 1. The first-order chi connectivity index (χ1) is 13.5.